The second kappa shape index (κ2) is 4.24. The first-order chi connectivity index (χ1) is 4.22. The molecule has 0 unspecified atom stereocenters. The molecule has 9 heavy (non-hydrogen) atoms. The Morgan fingerprint density at radius 1 is 1.44 bits per heavy atom. The molecule has 0 aromatic heterocycles. The van der Waals surface area contributed by atoms with Gasteiger partial charge in [0.15, 0.2) is 0 Å². The highest BCUT2D eigenvalue weighted by atomic mass is 16.5. The summed E-state index contributed by atoms with van der Waals surface area (Å²) in [4.78, 5) is 0. The molecule has 0 aliphatic carbocycles. The van der Waals surface area contributed by atoms with E-state index in [0.29, 0.717) is 0 Å². The van der Waals surface area contributed by atoms with Gasteiger partial charge in [0, 0.05) is 12.2 Å². The molecule has 0 rings (SSSR count). The number of methoxy groups -OCH3 is 1. The Hall–Kier alpha value is -0.660. The van der Waals surface area contributed by atoms with E-state index in [0.717, 1.165) is 18.0 Å². The summed E-state index contributed by atoms with van der Waals surface area (Å²) >= 11 is 0. The molecular formula is C7H15NO. The standard InChI is InChI=1S/C7H15NO/c1-5-8-6(2)7(3)9-4/h8H,5H2,1-4H3/b7-6-. The lowest BCUT2D eigenvalue weighted by atomic mass is 10.4. The van der Waals surface area contributed by atoms with Gasteiger partial charge in [-0.1, -0.05) is 0 Å². The lowest BCUT2D eigenvalue weighted by molar-refractivity contribution is 0.286. The maximum absolute atomic E-state index is 4.98. The van der Waals surface area contributed by atoms with Gasteiger partial charge in [0.2, 0.25) is 0 Å². The fraction of sp³-hybridized carbons (Fsp3) is 0.714. The minimum atomic E-state index is 0.951. The van der Waals surface area contributed by atoms with E-state index in [1.165, 1.54) is 0 Å². The molecule has 54 valence electrons. The molecule has 0 bridgehead atoms. The van der Waals surface area contributed by atoms with Crippen molar-refractivity contribution in [3.63, 3.8) is 0 Å². The average Bonchev–Trinajstić information content (AvgIpc) is 1.87. The molecule has 1 N–H and O–H groups in total. The summed E-state index contributed by atoms with van der Waals surface area (Å²) in [5.74, 6) is 0.955. The SMILES string of the molecule is CCN/C(C)=C(/C)OC. The molecule has 0 radical (unpaired) electrons. The normalized spacial score (nSPS) is 12.4. The van der Waals surface area contributed by atoms with Crippen LogP contribution in [-0.4, -0.2) is 13.7 Å². The van der Waals surface area contributed by atoms with Crippen molar-refractivity contribution in [1.29, 1.82) is 0 Å². The quantitative estimate of drug-likeness (QED) is 0.583. The van der Waals surface area contributed by atoms with Crippen LogP contribution in [0.25, 0.3) is 0 Å². The van der Waals surface area contributed by atoms with Crippen molar-refractivity contribution in [3.8, 4) is 0 Å². The molecule has 0 aromatic rings. The molecule has 0 saturated carbocycles. The van der Waals surface area contributed by atoms with Gasteiger partial charge in [0.25, 0.3) is 0 Å². The summed E-state index contributed by atoms with van der Waals surface area (Å²) in [6, 6.07) is 0. The fourth-order valence-corrected chi connectivity index (χ4v) is 0.543. The number of rotatable bonds is 3. The third-order valence-electron chi connectivity index (χ3n) is 1.28. The van der Waals surface area contributed by atoms with Crippen LogP contribution in [0.3, 0.4) is 0 Å². The van der Waals surface area contributed by atoms with Gasteiger partial charge in [-0.2, -0.15) is 0 Å². The van der Waals surface area contributed by atoms with E-state index in [2.05, 4.69) is 12.2 Å². The second-order valence-corrected chi connectivity index (χ2v) is 1.92. The summed E-state index contributed by atoms with van der Waals surface area (Å²) in [5, 5.41) is 3.15. The first-order valence-corrected chi connectivity index (χ1v) is 3.17. The minimum Gasteiger partial charge on any atom is -0.500 e. The van der Waals surface area contributed by atoms with Crippen molar-refractivity contribution in [2.75, 3.05) is 13.7 Å². The molecule has 2 heteroatoms. The van der Waals surface area contributed by atoms with Crippen LogP contribution in [0.2, 0.25) is 0 Å². The van der Waals surface area contributed by atoms with Crippen molar-refractivity contribution in [2.24, 2.45) is 0 Å². The van der Waals surface area contributed by atoms with Crippen molar-refractivity contribution >= 4 is 0 Å². The molecule has 0 amide bonds. The number of allylic oxidation sites excluding steroid dienone is 2. The van der Waals surface area contributed by atoms with Gasteiger partial charge in [0.1, 0.15) is 5.76 Å². The Morgan fingerprint density at radius 3 is 2.33 bits per heavy atom. The topological polar surface area (TPSA) is 21.3 Å². The van der Waals surface area contributed by atoms with E-state index in [-0.39, 0.29) is 0 Å². The Bertz CT molecular complexity index is 107. The maximum Gasteiger partial charge on any atom is 0.111 e. The highest BCUT2D eigenvalue weighted by Crippen LogP contribution is 1.98. The van der Waals surface area contributed by atoms with Crippen molar-refractivity contribution in [3.05, 3.63) is 11.5 Å². The van der Waals surface area contributed by atoms with E-state index in [1.807, 2.05) is 13.8 Å². The Balaban J connectivity index is 3.78. The zero-order chi connectivity index (χ0) is 7.28. The van der Waals surface area contributed by atoms with Gasteiger partial charge < -0.3 is 10.1 Å². The average molecular weight is 129 g/mol. The highest BCUT2D eigenvalue weighted by molar-refractivity contribution is 4.99. The van der Waals surface area contributed by atoms with Crippen molar-refractivity contribution in [1.82, 2.24) is 5.32 Å². The maximum atomic E-state index is 4.98. The van der Waals surface area contributed by atoms with Crippen molar-refractivity contribution < 1.29 is 4.74 Å². The van der Waals surface area contributed by atoms with Crippen LogP contribution in [0.5, 0.6) is 0 Å². The zero-order valence-corrected chi connectivity index (χ0v) is 6.62. The number of nitrogens with one attached hydrogen (secondary N) is 1. The second-order valence-electron chi connectivity index (χ2n) is 1.92. The van der Waals surface area contributed by atoms with Crippen molar-refractivity contribution in [2.45, 2.75) is 20.8 Å². The number of hydrogen-bond donors (Lipinski definition) is 1. The van der Waals surface area contributed by atoms with Crippen LogP contribution in [0.15, 0.2) is 11.5 Å². The van der Waals surface area contributed by atoms with E-state index < -0.39 is 0 Å². The first kappa shape index (κ1) is 8.34. The van der Waals surface area contributed by atoms with Gasteiger partial charge >= 0.3 is 0 Å². The van der Waals surface area contributed by atoms with Gasteiger partial charge in [0.05, 0.1) is 7.11 Å². The summed E-state index contributed by atoms with van der Waals surface area (Å²) in [6.45, 7) is 6.96. The van der Waals surface area contributed by atoms with E-state index in [1.54, 1.807) is 7.11 Å². The largest absolute Gasteiger partial charge is 0.500 e. The lowest BCUT2D eigenvalue weighted by Crippen LogP contribution is -2.11. The first-order valence-electron chi connectivity index (χ1n) is 3.17. The molecule has 0 atom stereocenters. The van der Waals surface area contributed by atoms with Gasteiger partial charge in [-0.25, -0.2) is 0 Å². The molecule has 0 aliphatic rings. The Kier molecular flexibility index (Phi) is 3.93. The van der Waals surface area contributed by atoms with Gasteiger partial charge in [-0.3, -0.25) is 0 Å². The molecule has 0 heterocycles. The molecule has 0 spiro atoms. The van der Waals surface area contributed by atoms with E-state index in [4.69, 9.17) is 4.74 Å². The molecule has 2 nitrogen and oxygen atoms in total. The lowest BCUT2D eigenvalue weighted by Gasteiger charge is -2.06. The van der Waals surface area contributed by atoms with Crippen LogP contribution < -0.4 is 5.32 Å². The van der Waals surface area contributed by atoms with E-state index >= 15 is 0 Å². The minimum absolute atomic E-state index is 0.951. The fourth-order valence-electron chi connectivity index (χ4n) is 0.543. The third-order valence-corrected chi connectivity index (χ3v) is 1.28. The summed E-state index contributed by atoms with van der Waals surface area (Å²) < 4.78 is 4.98. The number of ether oxygens (including phenoxy) is 1. The van der Waals surface area contributed by atoms with Crippen LogP contribution in [0.4, 0.5) is 0 Å². The summed E-state index contributed by atoms with van der Waals surface area (Å²) in [7, 11) is 1.68. The number of hydrogen-bond acceptors (Lipinski definition) is 2. The highest BCUT2D eigenvalue weighted by Gasteiger charge is 1.90. The monoisotopic (exact) mass is 129 g/mol. The summed E-state index contributed by atoms with van der Waals surface area (Å²) in [6.07, 6.45) is 0. The third kappa shape index (κ3) is 3.01. The van der Waals surface area contributed by atoms with Crippen LogP contribution in [-0.2, 0) is 4.74 Å². The Labute approximate surface area is 56.9 Å². The molecular weight excluding hydrogens is 114 g/mol. The zero-order valence-electron chi connectivity index (χ0n) is 6.62. The van der Waals surface area contributed by atoms with Crippen LogP contribution in [0, 0.1) is 0 Å². The van der Waals surface area contributed by atoms with E-state index in [9.17, 15) is 0 Å². The summed E-state index contributed by atoms with van der Waals surface area (Å²) in [5.41, 5.74) is 1.11. The van der Waals surface area contributed by atoms with Gasteiger partial charge in [-0.15, -0.1) is 0 Å². The smallest absolute Gasteiger partial charge is 0.111 e. The predicted molar refractivity (Wildman–Crippen MR) is 39.1 cm³/mol. The predicted octanol–water partition coefficient (Wildman–Crippen LogP) is 1.49. The van der Waals surface area contributed by atoms with Crippen LogP contribution in [0.1, 0.15) is 20.8 Å². The molecule has 0 aliphatic heterocycles. The van der Waals surface area contributed by atoms with Crippen LogP contribution >= 0.6 is 0 Å². The Morgan fingerprint density at radius 2 is 2.00 bits per heavy atom. The molecule has 0 saturated heterocycles. The molecule has 0 fully saturated rings. The van der Waals surface area contributed by atoms with Gasteiger partial charge in [-0.05, 0) is 20.8 Å². The molecule has 0 aromatic carbocycles.